The fourth-order valence-electron chi connectivity index (χ4n) is 1.77. The molecule has 0 aliphatic heterocycles. The smallest absolute Gasteiger partial charge is 0.305 e. The first-order chi connectivity index (χ1) is 11.0. The van der Waals surface area contributed by atoms with Gasteiger partial charge in [-0.15, -0.1) is 0 Å². The largest absolute Gasteiger partial charge is 0.481 e. The fraction of sp³-hybridized carbons (Fsp3) is 0.643. The number of nitrogens with zero attached hydrogens (tertiary/aromatic N) is 2. The number of Topliss-reactive ketones (excluding diaryl/α,β-unsaturated/α-hetero) is 1. The van der Waals surface area contributed by atoms with E-state index in [0.717, 1.165) is 4.90 Å². The lowest BCUT2D eigenvalue weighted by Crippen LogP contribution is -2.53. The second-order valence-corrected chi connectivity index (χ2v) is 5.33. The van der Waals surface area contributed by atoms with Crippen molar-refractivity contribution in [3.05, 3.63) is 0 Å². The summed E-state index contributed by atoms with van der Waals surface area (Å²) in [5.41, 5.74) is 0. The average molecular weight is 339 g/mol. The van der Waals surface area contributed by atoms with Crippen molar-refractivity contribution in [2.75, 3.05) is 13.6 Å². The van der Waals surface area contributed by atoms with Crippen LogP contribution in [0.25, 0.3) is 0 Å². The molecule has 132 valence electrons. The van der Waals surface area contributed by atoms with Crippen LogP contribution in [0.5, 0.6) is 0 Å². The van der Waals surface area contributed by atoms with Crippen LogP contribution in [0.2, 0.25) is 0 Å². The lowest BCUT2D eigenvalue weighted by atomic mass is 10.1. The molecule has 0 aromatic heterocycles. The van der Waals surface area contributed by atoms with Crippen molar-refractivity contribution in [2.45, 2.75) is 45.7 Å². The Morgan fingerprint density at radius 2 is 1.75 bits per heavy atom. The van der Waals surface area contributed by atoms with Crippen molar-refractivity contribution >= 4 is 37.5 Å². The molecule has 10 heteroatoms. The highest BCUT2D eigenvalue weighted by Gasteiger charge is 2.30. The van der Waals surface area contributed by atoms with E-state index in [4.69, 9.17) is 13.1 Å². The lowest BCUT2D eigenvalue weighted by molar-refractivity contribution is -0.145. The van der Waals surface area contributed by atoms with E-state index in [2.05, 4.69) is 5.32 Å². The van der Waals surface area contributed by atoms with Gasteiger partial charge in [-0.1, -0.05) is 6.92 Å². The molecule has 3 amide bonds. The van der Waals surface area contributed by atoms with Gasteiger partial charge in [-0.2, -0.15) is 0 Å². The van der Waals surface area contributed by atoms with E-state index in [1.807, 2.05) is 0 Å². The molecule has 0 saturated carbocycles. The van der Waals surface area contributed by atoms with Crippen molar-refractivity contribution in [1.82, 2.24) is 15.0 Å². The fourth-order valence-corrected chi connectivity index (χ4v) is 1.77. The number of rotatable bonds is 9. The maximum atomic E-state index is 12.3. The van der Waals surface area contributed by atoms with Crippen molar-refractivity contribution < 1.29 is 29.1 Å². The van der Waals surface area contributed by atoms with E-state index < -0.39 is 48.7 Å². The van der Waals surface area contributed by atoms with Crippen LogP contribution in [0, 0.1) is 0 Å². The molecule has 24 heavy (non-hydrogen) atoms. The molecule has 2 atom stereocenters. The predicted molar refractivity (Wildman–Crippen MR) is 84.9 cm³/mol. The quantitative estimate of drug-likeness (QED) is 0.504. The molecule has 0 aliphatic rings. The third-order valence-corrected chi connectivity index (χ3v) is 3.47. The summed E-state index contributed by atoms with van der Waals surface area (Å²) in [5, 5.41) is 11.1. The first-order valence-electron chi connectivity index (χ1n) is 7.34. The molecular formula is C14H22BN3O6. The number of carbonyl (C=O) groups is 5. The molecular weight excluding hydrogens is 317 g/mol. The zero-order valence-corrected chi connectivity index (χ0v) is 14.2. The topological polar surface area (TPSA) is 124 Å². The minimum absolute atomic E-state index is 0.0974. The second kappa shape index (κ2) is 9.69. The molecule has 0 aromatic carbocycles. The highest BCUT2D eigenvalue weighted by Crippen LogP contribution is 2.04. The Kier molecular flexibility index (Phi) is 8.72. The molecule has 9 nitrogen and oxygen atoms in total. The monoisotopic (exact) mass is 339 g/mol. The number of aliphatic carboxylic acids is 1. The van der Waals surface area contributed by atoms with Crippen molar-refractivity contribution in [2.24, 2.45) is 0 Å². The van der Waals surface area contributed by atoms with Crippen LogP contribution in [-0.2, 0) is 24.0 Å². The van der Waals surface area contributed by atoms with Gasteiger partial charge in [-0.05, 0) is 13.8 Å². The number of hydrogen-bond donors (Lipinski definition) is 2. The Balaban J connectivity index is 5.04. The van der Waals surface area contributed by atoms with E-state index in [-0.39, 0.29) is 12.2 Å². The van der Waals surface area contributed by atoms with E-state index in [0.29, 0.717) is 4.81 Å². The minimum atomic E-state index is -1.37. The van der Waals surface area contributed by atoms with E-state index in [9.17, 15) is 24.0 Å². The van der Waals surface area contributed by atoms with Crippen LogP contribution in [0.4, 0.5) is 0 Å². The first-order valence-corrected chi connectivity index (χ1v) is 7.34. The van der Waals surface area contributed by atoms with Gasteiger partial charge in [-0.3, -0.25) is 24.0 Å². The van der Waals surface area contributed by atoms with Gasteiger partial charge >= 0.3 is 5.97 Å². The van der Waals surface area contributed by atoms with Gasteiger partial charge in [0, 0.05) is 13.5 Å². The van der Waals surface area contributed by atoms with Gasteiger partial charge in [-0.25, -0.2) is 0 Å². The molecule has 0 bridgehead atoms. The average Bonchev–Trinajstić information content (AvgIpc) is 2.50. The van der Waals surface area contributed by atoms with Crippen LogP contribution in [0.3, 0.4) is 0 Å². The third-order valence-electron chi connectivity index (χ3n) is 3.47. The molecule has 0 heterocycles. The Morgan fingerprint density at radius 3 is 2.17 bits per heavy atom. The number of amides is 3. The molecule has 2 N–H and O–H groups in total. The number of carbonyl (C=O) groups excluding carboxylic acids is 4. The van der Waals surface area contributed by atoms with Crippen molar-refractivity contribution in [3.63, 3.8) is 0 Å². The van der Waals surface area contributed by atoms with E-state index >= 15 is 0 Å². The maximum absolute atomic E-state index is 12.3. The Labute approximate surface area is 141 Å². The van der Waals surface area contributed by atoms with Crippen LogP contribution >= 0.6 is 0 Å². The van der Waals surface area contributed by atoms with Gasteiger partial charge in [0.2, 0.25) is 25.7 Å². The van der Waals surface area contributed by atoms with Crippen LogP contribution in [0.15, 0.2) is 0 Å². The number of hydrogen-bond acceptors (Lipinski definition) is 5. The summed E-state index contributed by atoms with van der Waals surface area (Å²) in [6, 6.07) is -2.13. The first kappa shape index (κ1) is 21.6. The highest BCUT2D eigenvalue weighted by molar-refractivity contribution is 6.15. The number of likely N-dealkylation sites (N-methyl/N-ethyl adjacent to an activating group) is 1. The maximum Gasteiger partial charge on any atom is 0.305 e. The van der Waals surface area contributed by atoms with Crippen LogP contribution < -0.4 is 5.32 Å². The summed E-state index contributed by atoms with van der Waals surface area (Å²) in [7, 11) is 6.73. The number of nitrogens with one attached hydrogen (secondary N) is 1. The van der Waals surface area contributed by atoms with E-state index in [1.165, 1.54) is 20.9 Å². The predicted octanol–water partition coefficient (Wildman–Crippen LogP) is -1.30. The Morgan fingerprint density at radius 1 is 1.21 bits per heavy atom. The SMILES string of the molecule is [B]N(CC(=O)NC(CC(=O)O)C(=O)N(C)C(C)C(C)=O)C(=O)CC. The lowest BCUT2D eigenvalue weighted by Gasteiger charge is -2.28. The highest BCUT2D eigenvalue weighted by atomic mass is 16.4. The minimum Gasteiger partial charge on any atom is -0.481 e. The van der Waals surface area contributed by atoms with Crippen LogP contribution in [0.1, 0.15) is 33.6 Å². The summed E-state index contributed by atoms with van der Waals surface area (Å²) in [6.45, 7) is 3.83. The zero-order valence-electron chi connectivity index (χ0n) is 14.2. The van der Waals surface area contributed by atoms with Gasteiger partial charge in [0.1, 0.15) is 6.04 Å². The van der Waals surface area contributed by atoms with Crippen LogP contribution in [-0.4, -0.2) is 77.9 Å². The number of ketones is 1. The summed E-state index contributed by atoms with van der Waals surface area (Å²) in [4.78, 5) is 59.5. The number of carboxylic acid groups (broad SMARTS) is 1. The van der Waals surface area contributed by atoms with E-state index in [1.54, 1.807) is 6.92 Å². The summed E-state index contributed by atoms with van der Waals surface area (Å²) in [5.74, 6) is -3.56. The molecule has 0 aromatic rings. The Bertz CT molecular complexity index is 525. The third kappa shape index (κ3) is 6.80. The molecule has 0 rings (SSSR count). The van der Waals surface area contributed by atoms with Crippen molar-refractivity contribution in [3.8, 4) is 0 Å². The molecule has 0 fully saturated rings. The standard InChI is InChI=1S/C14H22BN3O6/c1-5-12(21)18(15)7-11(20)16-10(6-13(22)23)14(24)17(4)8(2)9(3)19/h8,10H,5-7H2,1-4H3,(H,16,20)(H,22,23). The van der Waals surface area contributed by atoms with Gasteiger partial charge < -0.3 is 20.1 Å². The summed E-state index contributed by atoms with van der Waals surface area (Å²) < 4.78 is 0. The molecule has 2 unspecified atom stereocenters. The Hall–Kier alpha value is -2.39. The van der Waals surface area contributed by atoms with Gasteiger partial charge in [0.05, 0.1) is 19.0 Å². The van der Waals surface area contributed by atoms with Gasteiger partial charge in [0.25, 0.3) is 0 Å². The molecule has 0 spiro atoms. The summed E-state index contributed by atoms with van der Waals surface area (Å²) in [6.07, 6.45) is -0.564. The summed E-state index contributed by atoms with van der Waals surface area (Å²) >= 11 is 0. The normalized spacial score (nSPS) is 12.7. The van der Waals surface area contributed by atoms with Crippen molar-refractivity contribution in [1.29, 1.82) is 0 Å². The van der Waals surface area contributed by atoms with Gasteiger partial charge in [0.15, 0.2) is 5.78 Å². The number of carboxylic acids is 1. The second-order valence-electron chi connectivity index (χ2n) is 5.33. The zero-order chi connectivity index (χ0) is 19.0. The molecule has 0 saturated heterocycles. The molecule has 0 aliphatic carbocycles. The molecule has 2 radical (unpaired) electrons.